The summed E-state index contributed by atoms with van der Waals surface area (Å²) in [5.41, 5.74) is 2.87. The van der Waals surface area contributed by atoms with E-state index < -0.39 is 21.7 Å². The minimum atomic E-state index is -3.93. The van der Waals surface area contributed by atoms with Gasteiger partial charge >= 0.3 is 0 Å². The van der Waals surface area contributed by atoms with Crippen molar-refractivity contribution in [3.8, 4) is 10.6 Å². The number of nitrogens with zero attached hydrogens (tertiary/aromatic N) is 1. The van der Waals surface area contributed by atoms with Gasteiger partial charge in [-0.05, 0) is 66.7 Å². The van der Waals surface area contributed by atoms with E-state index in [1.807, 2.05) is 42.5 Å². The van der Waals surface area contributed by atoms with Crippen LogP contribution in [0.15, 0.2) is 102 Å². The molecule has 0 unspecified atom stereocenters. The van der Waals surface area contributed by atoms with Crippen molar-refractivity contribution in [2.75, 3.05) is 10.0 Å². The number of halogens is 1. The van der Waals surface area contributed by atoms with Crippen LogP contribution in [0, 0.1) is 5.82 Å². The van der Waals surface area contributed by atoms with Crippen LogP contribution >= 0.6 is 11.3 Å². The van der Waals surface area contributed by atoms with Crippen LogP contribution < -0.4 is 10.0 Å². The quantitative estimate of drug-likeness (QED) is 0.291. The number of carbonyl (C=O) groups is 1. The van der Waals surface area contributed by atoms with Crippen molar-refractivity contribution in [2.24, 2.45) is 0 Å². The van der Waals surface area contributed by atoms with E-state index in [1.165, 1.54) is 24.3 Å². The molecule has 0 saturated heterocycles. The number of nitrogens with one attached hydrogen (secondary N) is 2. The molecule has 0 aliphatic carbocycles. The zero-order chi connectivity index (χ0) is 24.4. The molecule has 174 valence electrons. The molecule has 5 aromatic rings. The Morgan fingerprint density at radius 3 is 2.37 bits per heavy atom. The summed E-state index contributed by atoms with van der Waals surface area (Å²) in [6.07, 6.45) is 0. The summed E-state index contributed by atoms with van der Waals surface area (Å²) in [6, 6.07) is 25.9. The Hall–Kier alpha value is -4.08. The Labute approximate surface area is 205 Å². The van der Waals surface area contributed by atoms with E-state index in [9.17, 15) is 17.6 Å². The predicted octanol–water partition coefficient (Wildman–Crippen LogP) is 6.16. The molecule has 5 rings (SSSR count). The van der Waals surface area contributed by atoms with Crippen molar-refractivity contribution in [1.82, 2.24) is 4.98 Å². The molecule has 2 N–H and O–H groups in total. The van der Waals surface area contributed by atoms with Gasteiger partial charge in [0, 0.05) is 22.5 Å². The average molecular weight is 504 g/mol. The topological polar surface area (TPSA) is 88.2 Å². The smallest absolute Gasteiger partial charge is 0.261 e. The van der Waals surface area contributed by atoms with E-state index in [0.717, 1.165) is 32.9 Å². The van der Waals surface area contributed by atoms with Crippen LogP contribution in [0.5, 0.6) is 0 Å². The highest BCUT2D eigenvalue weighted by Crippen LogP contribution is 2.31. The lowest BCUT2D eigenvalue weighted by molar-refractivity contribution is 0.102. The molecular formula is C26H18FN3O3S2. The van der Waals surface area contributed by atoms with Gasteiger partial charge in [-0.15, -0.1) is 11.3 Å². The standard InChI is InChI=1S/C26H18FN3O3S2/c27-19-11-13-22(14-12-19)35(32,33)30-21-8-3-5-17(15-21)25(31)28-20-7-4-6-18(16-20)26-29-23-9-1-2-10-24(23)34-26/h1-16,30H,(H,28,31). The SMILES string of the molecule is O=C(Nc1cccc(-c2nc3ccccc3s2)c1)c1cccc(NS(=O)(=O)c2ccc(F)cc2)c1. The lowest BCUT2D eigenvalue weighted by Crippen LogP contribution is -2.15. The molecule has 0 spiro atoms. The summed E-state index contributed by atoms with van der Waals surface area (Å²) in [4.78, 5) is 17.5. The van der Waals surface area contributed by atoms with E-state index in [1.54, 1.807) is 29.5 Å². The van der Waals surface area contributed by atoms with E-state index in [0.29, 0.717) is 5.69 Å². The molecule has 0 aliphatic heterocycles. The van der Waals surface area contributed by atoms with Gasteiger partial charge in [-0.1, -0.05) is 30.3 Å². The van der Waals surface area contributed by atoms with Gasteiger partial charge < -0.3 is 5.32 Å². The number of rotatable bonds is 6. The third-order valence-corrected chi connectivity index (χ3v) is 7.64. The third kappa shape index (κ3) is 5.06. The molecular weight excluding hydrogens is 485 g/mol. The Balaban J connectivity index is 1.34. The van der Waals surface area contributed by atoms with Gasteiger partial charge in [0.05, 0.1) is 15.1 Å². The lowest BCUT2D eigenvalue weighted by atomic mass is 10.1. The first kappa shape index (κ1) is 22.7. The number of para-hydroxylation sites is 1. The van der Waals surface area contributed by atoms with Gasteiger partial charge in [0.2, 0.25) is 0 Å². The number of anilines is 2. The second kappa shape index (κ2) is 9.28. The zero-order valence-electron chi connectivity index (χ0n) is 18.1. The van der Waals surface area contributed by atoms with Crippen LogP contribution in [-0.4, -0.2) is 19.3 Å². The van der Waals surface area contributed by atoms with E-state index in [-0.39, 0.29) is 16.1 Å². The van der Waals surface area contributed by atoms with Crippen LogP contribution in [0.4, 0.5) is 15.8 Å². The maximum atomic E-state index is 13.1. The number of hydrogen-bond acceptors (Lipinski definition) is 5. The highest BCUT2D eigenvalue weighted by atomic mass is 32.2. The minimum absolute atomic E-state index is 0.0829. The number of hydrogen-bond donors (Lipinski definition) is 2. The van der Waals surface area contributed by atoms with Crippen molar-refractivity contribution in [3.63, 3.8) is 0 Å². The zero-order valence-corrected chi connectivity index (χ0v) is 19.7. The van der Waals surface area contributed by atoms with Crippen molar-refractivity contribution in [1.29, 1.82) is 0 Å². The molecule has 0 bridgehead atoms. The fraction of sp³-hybridized carbons (Fsp3) is 0. The highest BCUT2D eigenvalue weighted by Gasteiger charge is 2.16. The largest absolute Gasteiger partial charge is 0.322 e. The first-order valence-electron chi connectivity index (χ1n) is 10.5. The van der Waals surface area contributed by atoms with Crippen LogP contribution in [-0.2, 0) is 10.0 Å². The number of aromatic nitrogens is 1. The molecule has 0 fully saturated rings. The van der Waals surface area contributed by atoms with Gasteiger partial charge in [0.15, 0.2) is 0 Å². The number of thiazole rings is 1. The van der Waals surface area contributed by atoms with Gasteiger partial charge in [0.25, 0.3) is 15.9 Å². The van der Waals surface area contributed by atoms with Crippen LogP contribution in [0.2, 0.25) is 0 Å². The Morgan fingerprint density at radius 1 is 0.829 bits per heavy atom. The van der Waals surface area contributed by atoms with Crippen LogP contribution in [0.1, 0.15) is 10.4 Å². The van der Waals surface area contributed by atoms with Crippen LogP contribution in [0.3, 0.4) is 0 Å². The number of benzene rings is 4. The van der Waals surface area contributed by atoms with Gasteiger partial charge in [0.1, 0.15) is 10.8 Å². The molecule has 0 atom stereocenters. The predicted molar refractivity (Wildman–Crippen MR) is 137 cm³/mol. The summed E-state index contributed by atoms with van der Waals surface area (Å²) in [6.45, 7) is 0. The lowest BCUT2D eigenvalue weighted by Gasteiger charge is -2.10. The fourth-order valence-electron chi connectivity index (χ4n) is 3.48. The monoisotopic (exact) mass is 503 g/mol. The van der Waals surface area contributed by atoms with E-state index >= 15 is 0 Å². The highest BCUT2D eigenvalue weighted by molar-refractivity contribution is 7.92. The second-order valence-electron chi connectivity index (χ2n) is 7.66. The van der Waals surface area contributed by atoms with E-state index in [4.69, 9.17) is 0 Å². The average Bonchev–Trinajstić information content (AvgIpc) is 3.29. The minimum Gasteiger partial charge on any atom is -0.322 e. The molecule has 4 aromatic carbocycles. The number of amides is 1. The summed E-state index contributed by atoms with van der Waals surface area (Å²) in [7, 11) is -3.93. The molecule has 1 aromatic heterocycles. The Bertz CT molecular complexity index is 1620. The van der Waals surface area contributed by atoms with Crippen LogP contribution in [0.25, 0.3) is 20.8 Å². The number of fused-ring (bicyclic) bond motifs is 1. The molecule has 35 heavy (non-hydrogen) atoms. The molecule has 1 amide bonds. The molecule has 1 heterocycles. The molecule has 9 heteroatoms. The van der Waals surface area contributed by atoms with Crippen molar-refractivity contribution in [3.05, 3.63) is 108 Å². The van der Waals surface area contributed by atoms with Gasteiger partial charge in [-0.3, -0.25) is 9.52 Å². The fourth-order valence-corrected chi connectivity index (χ4v) is 5.49. The van der Waals surface area contributed by atoms with Crippen molar-refractivity contribution >= 4 is 48.9 Å². The number of carbonyl (C=O) groups excluding carboxylic acids is 1. The summed E-state index contributed by atoms with van der Waals surface area (Å²) < 4.78 is 41.8. The molecule has 0 saturated carbocycles. The molecule has 6 nitrogen and oxygen atoms in total. The van der Waals surface area contributed by atoms with Crippen molar-refractivity contribution in [2.45, 2.75) is 4.90 Å². The van der Waals surface area contributed by atoms with E-state index in [2.05, 4.69) is 15.0 Å². The van der Waals surface area contributed by atoms with Gasteiger partial charge in [-0.25, -0.2) is 17.8 Å². The normalized spacial score (nSPS) is 11.3. The third-order valence-electron chi connectivity index (χ3n) is 5.16. The first-order chi connectivity index (χ1) is 16.9. The number of sulfonamides is 1. The maximum Gasteiger partial charge on any atom is 0.261 e. The summed E-state index contributed by atoms with van der Waals surface area (Å²) in [5.74, 6) is -0.927. The Morgan fingerprint density at radius 2 is 1.57 bits per heavy atom. The molecule has 0 radical (unpaired) electrons. The maximum absolute atomic E-state index is 13.1. The summed E-state index contributed by atoms with van der Waals surface area (Å²) in [5, 5.41) is 3.70. The second-order valence-corrected chi connectivity index (χ2v) is 10.4. The summed E-state index contributed by atoms with van der Waals surface area (Å²) >= 11 is 1.57. The van der Waals surface area contributed by atoms with Gasteiger partial charge in [-0.2, -0.15) is 0 Å². The molecule has 0 aliphatic rings. The van der Waals surface area contributed by atoms with Crippen molar-refractivity contribution < 1.29 is 17.6 Å². The Kier molecular flexibility index (Phi) is 6.02. The first-order valence-corrected chi connectivity index (χ1v) is 12.8.